The van der Waals surface area contributed by atoms with Crippen LogP contribution in [0, 0.1) is 0 Å². The van der Waals surface area contributed by atoms with Gasteiger partial charge in [-0.25, -0.2) is 30.0 Å². The quantitative estimate of drug-likeness (QED) is 0.105. The summed E-state index contributed by atoms with van der Waals surface area (Å²) in [6, 6.07) is 28.0. The Balaban J connectivity index is 1.40. The van der Waals surface area contributed by atoms with Crippen LogP contribution in [0.3, 0.4) is 0 Å². The van der Waals surface area contributed by atoms with E-state index in [2.05, 4.69) is 0 Å². The van der Waals surface area contributed by atoms with Gasteiger partial charge < -0.3 is 39.6 Å². The van der Waals surface area contributed by atoms with Gasteiger partial charge in [-0.05, 0) is 76.2 Å². The summed E-state index contributed by atoms with van der Waals surface area (Å²) in [5, 5.41) is 12.5. The fraction of sp³-hybridized carbons (Fsp3) is 0.174. The molecule has 0 spiro atoms. The first-order chi connectivity index (χ1) is 31.2. The largest absolute Gasteiger partial charge is 0.817 e. The van der Waals surface area contributed by atoms with Crippen LogP contribution in [0.4, 0.5) is 11.6 Å². The van der Waals surface area contributed by atoms with E-state index in [1.807, 2.05) is 100 Å². The van der Waals surface area contributed by atoms with Crippen molar-refractivity contribution in [3.05, 3.63) is 130 Å². The lowest BCUT2D eigenvalue weighted by Crippen LogP contribution is -2.48. The number of aromatic hydroxyl groups is 1. The van der Waals surface area contributed by atoms with Crippen LogP contribution >= 0.6 is 7.60 Å². The standard InChI is InChI=1S/C40H32N8O4.C6H7O4P.Al/c1-5-49-25-17-9-13-21-29(25)37-41-33(21)46-38-31-23(15-11-19-27(31)51-7-3)35(43-38)48-40-32-24(16-12-20-28(32)52-8-4)36(44-40)47-39-30-22(34(42-39)45-37)14-10-18-26(30)50-6-2;7-5-1-3-6(4-2-5)11(8,9)10;/h9-20H,5-8H2,1-4H3;1-4,7H,(H2,8,9,10);/q-2;;+3/p-1. The van der Waals surface area contributed by atoms with Gasteiger partial charge in [-0.15, -0.1) is 0 Å². The van der Waals surface area contributed by atoms with Gasteiger partial charge in [0.05, 0.1) is 53.6 Å². The third-order valence-electron chi connectivity index (χ3n) is 11.2. The molecule has 1 unspecified atom stereocenters. The zero-order valence-electron chi connectivity index (χ0n) is 35.0. The first-order valence-electron chi connectivity index (χ1n) is 20.9. The van der Waals surface area contributed by atoms with Gasteiger partial charge in [0.2, 0.25) is 0 Å². The molecule has 0 fully saturated rings. The topological polar surface area (TPSA) is 188 Å². The van der Waals surface area contributed by atoms with Gasteiger partial charge in [-0.1, -0.05) is 48.5 Å². The van der Waals surface area contributed by atoms with E-state index in [4.69, 9.17) is 52.5 Å². The van der Waals surface area contributed by atoms with Crippen molar-refractivity contribution in [2.45, 2.75) is 27.7 Å². The predicted molar refractivity (Wildman–Crippen MR) is 244 cm³/mol. The van der Waals surface area contributed by atoms with Crippen LogP contribution in [0.2, 0.25) is 0 Å². The zero-order valence-corrected chi connectivity index (χ0v) is 37.1. The summed E-state index contributed by atoms with van der Waals surface area (Å²) in [7, 11) is -4.80. The highest BCUT2D eigenvalue weighted by Crippen LogP contribution is 2.49. The molecule has 318 valence electrons. The Kier molecular flexibility index (Phi) is 9.64. The lowest BCUT2D eigenvalue weighted by Gasteiger charge is -2.22. The Labute approximate surface area is 370 Å². The minimum Gasteiger partial charge on any atom is -0.508 e. The summed E-state index contributed by atoms with van der Waals surface area (Å²) in [5.74, 6) is 3.89. The molecule has 0 saturated heterocycles. The minimum absolute atomic E-state index is 0.0467. The highest BCUT2D eigenvalue weighted by molar-refractivity contribution is 7.62. The average molecular weight is 889 g/mol. The molecule has 18 heteroatoms. The Morgan fingerprint density at radius 1 is 0.531 bits per heavy atom. The summed E-state index contributed by atoms with van der Waals surface area (Å²) in [5.41, 5.74) is 3.20. The number of hydrogen-bond acceptors (Lipinski definition) is 13. The second-order valence-corrected chi connectivity index (χ2v) is 19.0. The predicted octanol–water partition coefficient (Wildman–Crippen LogP) is 6.75. The van der Waals surface area contributed by atoms with Crippen molar-refractivity contribution in [3.8, 4) is 28.7 Å². The smallest absolute Gasteiger partial charge is 0.508 e. The maximum Gasteiger partial charge on any atom is 0.817 e. The summed E-state index contributed by atoms with van der Waals surface area (Å²) < 4.78 is 50.7. The number of hydrogen-bond donors (Lipinski definition) is 2. The minimum atomic E-state index is -4.80. The van der Waals surface area contributed by atoms with Crippen LogP contribution in [0.5, 0.6) is 28.7 Å². The van der Waals surface area contributed by atoms with Gasteiger partial charge in [-0.2, -0.15) is 0 Å². The molecule has 6 bridgehead atoms. The SMILES string of the molecule is CCOc1cccc2c1C1=NC2=Nc2c3c(OCC)cccc3c3[n]2[Al]([O]P(=O)(O)c2ccc(O)cc2)[n]2c(c4cccc(OCC)c4c2=NC2=NC(=N3)c3c(OCC)cccc32)=N1. The molecule has 4 aliphatic heterocycles. The molecule has 0 saturated carbocycles. The summed E-state index contributed by atoms with van der Waals surface area (Å²) in [6.07, 6.45) is 0. The fourth-order valence-electron chi connectivity index (χ4n) is 8.67. The highest BCUT2D eigenvalue weighted by Gasteiger charge is 2.48. The molecule has 0 amide bonds. The maximum atomic E-state index is 15.1. The molecule has 5 aromatic carbocycles. The van der Waals surface area contributed by atoms with Crippen LogP contribution < -0.4 is 35.2 Å². The van der Waals surface area contributed by atoms with Gasteiger partial charge in [0, 0.05) is 21.9 Å². The van der Waals surface area contributed by atoms with Crippen LogP contribution in [0.15, 0.2) is 127 Å². The number of benzene rings is 5. The Morgan fingerprint density at radius 2 is 1.03 bits per heavy atom. The Hall–Kier alpha value is -6.86. The van der Waals surface area contributed by atoms with Crippen molar-refractivity contribution >= 4 is 84.3 Å². The fourth-order valence-corrected chi connectivity index (χ4v) is 13.3. The van der Waals surface area contributed by atoms with Crippen molar-refractivity contribution in [2.24, 2.45) is 30.0 Å². The second kappa shape index (κ2) is 15.4. The molecular formula is C46H38AlN8O8P. The normalized spacial score (nSPS) is 15.2. The molecule has 11 rings (SSSR count). The molecule has 2 aromatic heterocycles. The number of amidine groups is 4. The number of aromatic nitrogens is 2. The van der Waals surface area contributed by atoms with Crippen molar-refractivity contribution in [3.63, 3.8) is 0 Å². The van der Waals surface area contributed by atoms with Gasteiger partial charge >= 0.3 is 22.5 Å². The first-order valence-corrected chi connectivity index (χ1v) is 24.0. The lowest BCUT2D eigenvalue weighted by atomic mass is 10.1. The molecular weight excluding hydrogens is 851 g/mol. The van der Waals surface area contributed by atoms with E-state index in [0.29, 0.717) is 139 Å². The van der Waals surface area contributed by atoms with Crippen molar-refractivity contribution in [1.82, 2.24) is 7.10 Å². The number of aliphatic imine (C=N–C) groups is 4. The van der Waals surface area contributed by atoms with Gasteiger partial charge in [0.15, 0.2) is 23.3 Å². The molecule has 0 radical (unpaired) electrons. The zero-order chi connectivity index (χ0) is 43.9. The van der Waals surface area contributed by atoms with E-state index >= 15 is 4.57 Å². The molecule has 0 aliphatic carbocycles. The molecule has 1 atom stereocenters. The van der Waals surface area contributed by atoms with Gasteiger partial charge in [0.25, 0.3) is 0 Å². The van der Waals surface area contributed by atoms with E-state index in [1.54, 1.807) is 7.10 Å². The third-order valence-corrected chi connectivity index (χ3v) is 15.9. The van der Waals surface area contributed by atoms with E-state index in [0.717, 1.165) is 0 Å². The molecule has 6 heterocycles. The molecule has 2 N–H and O–H groups in total. The average Bonchev–Trinajstić information content (AvgIpc) is 4.00. The summed E-state index contributed by atoms with van der Waals surface area (Å²) >= 11 is -3.90. The van der Waals surface area contributed by atoms with E-state index < -0.39 is 22.5 Å². The number of phenols is 1. The molecule has 16 nitrogen and oxygen atoms in total. The lowest BCUT2D eigenvalue weighted by molar-refractivity contribution is 0.339. The van der Waals surface area contributed by atoms with Gasteiger partial charge in [-0.3, -0.25) is 4.57 Å². The van der Waals surface area contributed by atoms with E-state index in [1.165, 1.54) is 24.3 Å². The number of rotatable bonds is 11. The Bertz CT molecular complexity index is 3450. The van der Waals surface area contributed by atoms with Crippen LogP contribution in [-0.4, -0.2) is 81.8 Å². The number of nitrogens with zero attached hydrogens (tertiary/aromatic N) is 8. The Morgan fingerprint density at radius 3 is 1.67 bits per heavy atom. The number of fused-ring (bicyclic) bond motifs is 14. The van der Waals surface area contributed by atoms with Crippen molar-refractivity contribution in [1.29, 1.82) is 0 Å². The molecule has 4 aliphatic rings. The van der Waals surface area contributed by atoms with E-state index in [9.17, 15) is 10.00 Å². The monoisotopic (exact) mass is 888 g/mol. The first kappa shape index (κ1) is 40.0. The summed E-state index contributed by atoms with van der Waals surface area (Å²) in [6.45, 7) is 9.02. The van der Waals surface area contributed by atoms with E-state index in [-0.39, 0.29) is 11.1 Å². The van der Waals surface area contributed by atoms with Crippen LogP contribution in [0.25, 0.3) is 21.5 Å². The third kappa shape index (κ3) is 6.15. The van der Waals surface area contributed by atoms with Crippen LogP contribution in [-0.2, 0) is 8.14 Å². The molecule has 64 heavy (non-hydrogen) atoms. The van der Waals surface area contributed by atoms with Crippen molar-refractivity contribution < 1.29 is 37.1 Å². The summed E-state index contributed by atoms with van der Waals surface area (Å²) in [4.78, 5) is 44.1. The molecule has 7 aromatic rings. The maximum absolute atomic E-state index is 15.1. The van der Waals surface area contributed by atoms with Crippen molar-refractivity contribution in [2.75, 3.05) is 26.4 Å². The highest BCUT2D eigenvalue weighted by atomic mass is 31.2. The number of phenolic OH excluding ortho intramolecular Hbond substituents is 1. The van der Waals surface area contributed by atoms with Gasteiger partial charge in [0.1, 0.15) is 51.4 Å². The number of ether oxygens (including phenoxy) is 4. The van der Waals surface area contributed by atoms with Crippen LogP contribution in [0.1, 0.15) is 49.9 Å². The second-order valence-electron chi connectivity index (χ2n) is 14.9.